The van der Waals surface area contributed by atoms with Crippen molar-refractivity contribution in [1.82, 2.24) is 5.32 Å². The summed E-state index contributed by atoms with van der Waals surface area (Å²) in [6.45, 7) is 2.14. The number of hydrogen-bond donors (Lipinski definition) is 3. The number of amides is 3. The topological polar surface area (TPSA) is 82.7 Å². The first kappa shape index (κ1) is 23.4. The molecule has 34 heavy (non-hydrogen) atoms. The number of rotatable bonds is 7. The van der Waals surface area contributed by atoms with Crippen molar-refractivity contribution in [3.8, 4) is 5.75 Å². The van der Waals surface area contributed by atoms with Crippen LogP contribution in [0.15, 0.2) is 66.7 Å². The molecule has 176 valence electrons. The first-order valence-electron chi connectivity index (χ1n) is 11.2. The molecular weight excluding hydrogens is 452 g/mol. The summed E-state index contributed by atoms with van der Waals surface area (Å²) in [5.41, 5.74) is 3.38. The highest BCUT2D eigenvalue weighted by Crippen LogP contribution is 2.30. The molecule has 0 radical (unpaired) electrons. The molecule has 8 heteroatoms. The smallest absolute Gasteiger partial charge is 0.323 e. The zero-order valence-electron chi connectivity index (χ0n) is 18.9. The van der Waals surface area contributed by atoms with Gasteiger partial charge >= 0.3 is 6.03 Å². The van der Waals surface area contributed by atoms with Crippen molar-refractivity contribution in [3.63, 3.8) is 0 Å². The number of hydrogen-bond acceptors (Lipinski definition) is 4. The molecule has 0 aromatic heterocycles. The fourth-order valence-electron chi connectivity index (χ4n) is 3.99. The molecule has 1 saturated heterocycles. The summed E-state index contributed by atoms with van der Waals surface area (Å²) < 4.78 is 5.36. The lowest BCUT2D eigenvalue weighted by atomic mass is 10.1. The van der Waals surface area contributed by atoms with E-state index in [9.17, 15) is 9.59 Å². The molecule has 0 atom stereocenters. The molecule has 3 aromatic rings. The van der Waals surface area contributed by atoms with Gasteiger partial charge in [0.1, 0.15) is 5.75 Å². The molecule has 0 unspecified atom stereocenters. The molecule has 1 heterocycles. The lowest BCUT2D eigenvalue weighted by molar-refractivity contribution is 0.0950. The van der Waals surface area contributed by atoms with Gasteiger partial charge in [-0.2, -0.15) is 0 Å². The highest BCUT2D eigenvalue weighted by atomic mass is 35.5. The average Bonchev–Trinajstić information content (AvgIpc) is 3.37. The number of methoxy groups -OCH3 is 1. The Morgan fingerprint density at radius 3 is 2.53 bits per heavy atom. The highest BCUT2D eigenvalue weighted by Gasteiger charge is 2.19. The molecule has 4 rings (SSSR count). The van der Waals surface area contributed by atoms with Gasteiger partial charge in [0, 0.05) is 41.5 Å². The van der Waals surface area contributed by atoms with Gasteiger partial charge in [0.25, 0.3) is 5.91 Å². The molecule has 0 spiro atoms. The van der Waals surface area contributed by atoms with Crippen LogP contribution < -0.4 is 25.6 Å². The van der Waals surface area contributed by atoms with Crippen LogP contribution in [-0.4, -0.2) is 32.1 Å². The van der Waals surface area contributed by atoms with Crippen molar-refractivity contribution >= 4 is 40.6 Å². The van der Waals surface area contributed by atoms with E-state index in [1.807, 2.05) is 30.3 Å². The highest BCUT2D eigenvalue weighted by molar-refractivity contribution is 6.30. The van der Waals surface area contributed by atoms with Crippen molar-refractivity contribution in [2.24, 2.45) is 0 Å². The van der Waals surface area contributed by atoms with E-state index >= 15 is 0 Å². The summed E-state index contributed by atoms with van der Waals surface area (Å²) in [6, 6.07) is 19.4. The predicted molar refractivity (Wildman–Crippen MR) is 136 cm³/mol. The number of anilines is 3. The molecule has 1 fully saturated rings. The van der Waals surface area contributed by atoms with Gasteiger partial charge < -0.3 is 25.6 Å². The van der Waals surface area contributed by atoms with Gasteiger partial charge in [-0.25, -0.2) is 4.79 Å². The first-order valence-corrected chi connectivity index (χ1v) is 11.5. The zero-order chi connectivity index (χ0) is 23.9. The summed E-state index contributed by atoms with van der Waals surface area (Å²) in [7, 11) is 1.60. The van der Waals surface area contributed by atoms with E-state index in [0.29, 0.717) is 34.3 Å². The van der Waals surface area contributed by atoms with E-state index in [4.69, 9.17) is 16.3 Å². The van der Waals surface area contributed by atoms with Gasteiger partial charge in [0.15, 0.2) is 0 Å². The third-order valence-electron chi connectivity index (χ3n) is 5.67. The van der Waals surface area contributed by atoms with E-state index in [1.165, 1.54) is 0 Å². The molecular formula is C26H27ClN4O3. The molecule has 7 nitrogen and oxygen atoms in total. The van der Waals surface area contributed by atoms with Crippen molar-refractivity contribution in [2.45, 2.75) is 19.4 Å². The van der Waals surface area contributed by atoms with Crippen molar-refractivity contribution < 1.29 is 14.3 Å². The Balaban J connectivity index is 1.51. The summed E-state index contributed by atoms with van der Waals surface area (Å²) in [4.78, 5) is 27.8. The molecule has 0 aliphatic carbocycles. The minimum Gasteiger partial charge on any atom is -0.496 e. The van der Waals surface area contributed by atoms with Crippen LogP contribution in [0.4, 0.5) is 21.9 Å². The van der Waals surface area contributed by atoms with Gasteiger partial charge in [-0.3, -0.25) is 4.79 Å². The number of urea groups is 1. The SMILES string of the molecule is COc1ccccc1CNC(=O)c1ccc(N2CCCC2)c(NC(=O)Nc2cccc(Cl)c2)c1. The Morgan fingerprint density at radius 2 is 1.76 bits per heavy atom. The Labute approximate surface area is 204 Å². The second-order valence-corrected chi connectivity index (χ2v) is 8.45. The maximum atomic E-state index is 12.9. The second-order valence-electron chi connectivity index (χ2n) is 8.01. The molecule has 0 bridgehead atoms. The monoisotopic (exact) mass is 478 g/mol. The van der Waals surface area contributed by atoms with Crippen LogP contribution in [0.1, 0.15) is 28.8 Å². The summed E-state index contributed by atoms with van der Waals surface area (Å²) in [6.07, 6.45) is 2.19. The number of carbonyl (C=O) groups is 2. The summed E-state index contributed by atoms with van der Waals surface area (Å²) in [5.74, 6) is 0.476. The Kier molecular flexibility index (Phi) is 7.54. The summed E-state index contributed by atoms with van der Waals surface area (Å²) in [5, 5.41) is 9.16. The Morgan fingerprint density at radius 1 is 0.971 bits per heavy atom. The average molecular weight is 479 g/mol. The van der Waals surface area contributed by atoms with E-state index in [-0.39, 0.29) is 5.91 Å². The standard InChI is InChI=1S/C26H27ClN4O3/c1-34-24-10-3-2-7-19(24)17-28-25(32)18-11-12-23(31-13-4-5-14-31)22(15-18)30-26(33)29-21-9-6-8-20(27)16-21/h2-3,6-12,15-16H,4-5,13-14,17H2,1H3,(H,28,32)(H2,29,30,33). The van der Waals surface area contributed by atoms with Crippen LogP contribution >= 0.6 is 11.6 Å². The van der Waals surface area contributed by atoms with Crippen molar-refractivity contribution in [3.05, 3.63) is 82.9 Å². The molecule has 3 aromatic carbocycles. The minimum atomic E-state index is -0.408. The predicted octanol–water partition coefficient (Wildman–Crippen LogP) is 5.52. The van der Waals surface area contributed by atoms with Gasteiger partial charge in [0.05, 0.1) is 18.5 Å². The quantitative estimate of drug-likeness (QED) is 0.417. The van der Waals surface area contributed by atoms with E-state index in [1.54, 1.807) is 43.5 Å². The van der Waals surface area contributed by atoms with Crippen LogP contribution in [0, 0.1) is 0 Å². The Hall–Kier alpha value is -3.71. The number of nitrogens with one attached hydrogen (secondary N) is 3. The van der Waals surface area contributed by atoms with Crippen LogP contribution in [0.5, 0.6) is 5.75 Å². The fraction of sp³-hybridized carbons (Fsp3) is 0.231. The van der Waals surface area contributed by atoms with Crippen LogP contribution in [0.3, 0.4) is 0 Å². The van der Waals surface area contributed by atoms with Gasteiger partial charge in [-0.1, -0.05) is 35.9 Å². The maximum Gasteiger partial charge on any atom is 0.323 e. The lowest BCUT2D eigenvalue weighted by Crippen LogP contribution is -2.26. The summed E-state index contributed by atoms with van der Waals surface area (Å²) >= 11 is 6.02. The number of ether oxygens (including phenoxy) is 1. The number of para-hydroxylation sites is 1. The minimum absolute atomic E-state index is 0.239. The van der Waals surface area contributed by atoms with Gasteiger partial charge in [0.2, 0.25) is 0 Å². The van der Waals surface area contributed by atoms with Crippen molar-refractivity contribution in [2.75, 3.05) is 35.7 Å². The molecule has 0 saturated carbocycles. The normalized spacial score (nSPS) is 12.8. The van der Waals surface area contributed by atoms with Gasteiger partial charge in [-0.15, -0.1) is 0 Å². The first-order chi connectivity index (χ1) is 16.5. The third kappa shape index (κ3) is 5.80. The number of benzene rings is 3. The largest absolute Gasteiger partial charge is 0.496 e. The van der Waals surface area contributed by atoms with Crippen LogP contribution in [-0.2, 0) is 6.54 Å². The second kappa shape index (κ2) is 10.9. The van der Waals surface area contributed by atoms with E-state index < -0.39 is 6.03 Å². The van der Waals surface area contributed by atoms with Crippen LogP contribution in [0.2, 0.25) is 5.02 Å². The maximum absolute atomic E-state index is 12.9. The number of carbonyl (C=O) groups excluding carboxylic acids is 2. The molecule has 1 aliphatic rings. The number of nitrogens with zero attached hydrogens (tertiary/aromatic N) is 1. The lowest BCUT2D eigenvalue weighted by Gasteiger charge is -2.22. The van der Waals surface area contributed by atoms with Crippen LogP contribution in [0.25, 0.3) is 0 Å². The molecule has 3 N–H and O–H groups in total. The molecule has 1 aliphatic heterocycles. The van der Waals surface area contributed by atoms with Gasteiger partial charge in [-0.05, 0) is 55.3 Å². The number of halogens is 1. The fourth-order valence-corrected chi connectivity index (χ4v) is 4.18. The Bertz CT molecular complexity index is 1180. The zero-order valence-corrected chi connectivity index (χ0v) is 19.7. The van der Waals surface area contributed by atoms with E-state index in [2.05, 4.69) is 20.9 Å². The molecule has 3 amide bonds. The van der Waals surface area contributed by atoms with E-state index in [0.717, 1.165) is 37.2 Å². The van der Waals surface area contributed by atoms with Crippen molar-refractivity contribution in [1.29, 1.82) is 0 Å². The third-order valence-corrected chi connectivity index (χ3v) is 5.90.